The van der Waals surface area contributed by atoms with Gasteiger partial charge in [-0.1, -0.05) is 24.3 Å². The van der Waals surface area contributed by atoms with Gasteiger partial charge in [-0.2, -0.15) is 0 Å². The largest absolute Gasteiger partial charge is 0.382 e. The number of benzene rings is 1. The van der Waals surface area contributed by atoms with Gasteiger partial charge < -0.3 is 14.8 Å². The third kappa shape index (κ3) is 5.61. The van der Waals surface area contributed by atoms with Gasteiger partial charge in [0.05, 0.1) is 24.9 Å². The molecule has 1 heterocycles. The monoisotopic (exact) mass is 320 g/mol. The van der Waals surface area contributed by atoms with Crippen LogP contribution in [0.4, 0.5) is 0 Å². The first-order valence-electron chi connectivity index (χ1n) is 8.10. The number of hydrogen-bond donors (Lipinski definition) is 1. The van der Waals surface area contributed by atoms with Crippen LogP contribution in [0.5, 0.6) is 0 Å². The highest BCUT2D eigenvalue weighted by Gasteiger charge is 2.33. The minimum Gasteiger partial charge on any atom is -0.382 e. The molecule has 128 valence electrons. The van der Waals surface area contributed by atoms with Crippen molar-refractivity contribution in [2.24, 2.45) is 0 Å². The lowest BCUT2D eigenvalue weighted by Crippen LogP contribution is -2.55. The Kier molecular flexibility index (Phi) is 6.16. The van der Waals surface area contributed by atoms with Crippen molar-refractivity contribution in [2.45, 2.75) is 39.0 Å². The number of morpholine rings is 1. The molecule has 1 aromatic carbocycles. The summed E-state index contributed by atoms with van der Waals surface area (Å²) in [6.07, 6.45) is 0.00733. The van der Waals surface area contributed by atoms with Crippen LogP contribution in [0.15, 0.2) is 24.3 Å². The van der Waals surface area contributed by atoms with Gasteiger partial charge in [-0.05, 0) is 31.9 Å². The van der Waals surface area contributed by atoms with Crippen molar-refractivity contribution in [2.75, 3.05) is 33.4 Å². The van der Waals surface area contributed by atoms with Crippen molar-refractivity contribution >= 4 is 5.91 Å². The fourth-order valence-electron chi connectivity index (χ4n) is 3.07. The highest BCUT2D eigenvalue weighted by atomic mass is 16.5. The molecule has 0 unspecified atom stereocenters. The number of rotatable bonds is 6. The van der Waals surface area contributed by atoms with E-state index >= 15 is 0 Å². The van der Waals surface area contributed by atoms with E-state index in [1.54, 1.807) is 7.11 Å². The van der Waals surface area contributed by atoms with Gasteiger partial charge >= 0.3 is 0 Å². The molecule has 0 aromatic heterocycles. The number of ether oxygens (including phenoxy) is 2. The Morgan fingerprint density at radius 1 is 1.43 bits per heavy atom. The summed E-state index contributed by atoms with van der Waals surface area (Å²) in [4.78, 5) is 14.4. The number of nitrogens with zero attached hydrogens (tertiary/aromatic N) is 1. The second kappa shape index (κ2) is 7.90. The molecule has 1 aliphatic rings. The Bertz CT molecular complexity index is 531. The van der Waals surface area contributed by atoms with Crippen LogP contribution in [0.25, 0.3) is 0 Å². The lowest BCUT2D eigenvalue weighted by Gasteiger charge is -2.42. The smallest absolute Gasteiger partial charge is 0.234 e. The minimum atomic E-state index is -0.266. The third-order valence-electron chi connectivity index (χ3n) is 4.01. The van der Waals surface area contributed by atoms with Crippen molar-refractivity contribution < 1.29 is 14.3 Å². The van der Waals surface area contributed by atoms with Crippen molar-refractivity contribution in [1.82, 2.24) is 10.2 Å². The van der Waals surface area contributed by atoms with Crippen molar-refractivity contribution in [1.29, 1.82) is 0 Å². The molecule has 0 aliphatic carbocycles. The summed E-state index contributed by atoms with van der Waals surface area (Å²) >= 11 is 0. The Morgan fingerprint density at radius 2 is 2.17 bits per heavy atom. The average molecular weight is 320 g/mol. The summed E-state index contributed by atoms with van der Waals surface area (Å²) in [5.74, 6) is 0.0436. The maximum atomic E-state index is 12.2. The van der Waals surface area contributed by atoms with Crippen molar-refractivity contribution in [3.8, 4) is 0 Å². The Morgan fingerprint density at radius 3 is 2.87 bits per heavy atom. The van der Waals surface area contributed by atoms with E-state index in [0.29, 0.717) is 19.7 Å². The van der Waals surface area contributed by atoms with E-state index in [1.165, 1.54) is 5.56 Å². The fraction of sp³-hybridized carbons (Fsp3) is 0.611. The lowest BCUT2D eigenvalue weighted by molar-refractivity contribution is -0.156. The van der Waals surface area contributed by atoms with Gasteiger partial charge in [-0.3, -0.25) is 9.69 Å². The summed E-state index contributed by atoms with van der Waals surface area (Å²) in [6, 6.07) is 8.10. The molecule has 1 amide bonds. The first kappa shape index (κ1) is 17.9. The van der Waals surface area contributed by atoms with Gasteiger partial charge in [0.1, 0.15) is 0 Å². The number of carbonyl (C=O) groups is 1. The first-order valence-corrected chi connectivity index (χ1v) is 8.10. The summed E-state index contributed by atoms with van der Waals surface area (Å²) in [7, 11) is 1.67. The molecule has 1 saturated heterocycles. The second-order valence-corrected chi connectivity index (χ2v) is 6.83. The van der Waals surface area contributed by atoms with Crippen LogP contribution >= 0.6 is 0 Å². The zero-order chi connectivity index (χ0) is 16.9. The van der Waals surface area contributed by atoms with Crippen LogP contribution in [0.1, 0.15) is 25.0 Å². The highest BCUT2D eigenvalue weighted by Crippen LogP contribution is 2.20. The average Bonchev–Trinajstić information content (AvgIpc) is 2.45. The standard InChI is InChI=1S/C18H28N2O3/c1-14-7-5-6-8-15(14)9-19-17(21)11-20-10-16(12-22-4)23-18(2,3)13-20/h5-8,16H,9-13H2,1-4H3,(H,19,21)/t16-/m1/s1. The number of methoxy groups -OCH3 is 1. The van der Waals surface area contributed by atoms with Crippen molar-refractivity contribution in [3.63, 3.8) is 0 Å². The Labute approximate surface area is 139 Å². The number of hydrogen-bond acceptors (Lipinski definition) is 4. The molecule has 1 fully saturated rings. The number of aryl methyl sites for hydroxylation is 1. The number of amides is 1. The molecule has 0 spiro atoms. The molecule has 2 rings (SSSR count). The minimum absolute atomic E-state index is 0.00733. The summed E-state index contributed by atoms with van der Waals surface area (Å²) < 4.78 is 11.2. The van der Waals surface area contributed by atoms with Gasteiger partial charge in [0.15, 0.2) is 0 Å². The molecular formula is C18H28N2O3. The Hall–Kier alpha value is -1.43. The van der Waals surface area contributed by atoms with E-state index in [4.69, 9.17) is 9.47 Å². The maximum Gasteiger partial charge on any atom is 0.234 e. The quantitative estimate of drug-likeness (QED) is 0.867. The van der Waals surface area contributed by atoms with Gasteiger partial charge in [-0.15, -0.1) is 0 Å². The van der Waals surface area contributed by atoms with E-state index in [9.17, 15) is 4.79 Å². The SMILES string of the molecule is COC[C@H]1CN(CC(=O)NCc2ccccc2C)CC(C)(C)O1. The molecule has 0 saturated carbocycles. The van der Waals surface area contributed by atoms with E-state index in [1.807, 2.05) is 32.0 Å². The predicted octanol–water partition coefficient (Wildman–Crippen LogP) is 1.74. The molecule has 0 bridgehead atoms. The van der Waals surface area contributed by atoms with Crippen LogP contribution in [0.2, 0.25) is 0 Å². The molecule has 5 heteroatoms. The van der Waals surface area contributed by atoms with Crippen LogP contribution in [-0.2, 0) is 20.8 Å². The first-order chi connectivity index (χ1) is 10.9. The van der Waals surface area contributed by atoms with E-state index in [2.05, 4.69) is 23.2 Å². The lowest BCUT2D eigenvalue weighted by atomic mass is 10.1. The second-order valence-electron chi connectivity index (χ2n) is 6.83. The summed E-state index contributed by atoms with van der Waals surface area (Å²) in [5, 5.41) is 3.01. The topological polar surface area (TPSA) is 50.8 Å². The fourth-order valence-corrected chi connectivity index (χ4v) is 3.07. The normalized spacial score (nSPS) is 21.1. The Balaban J connectivity index is 1.85. The summed E-state index contributed by atoms with van der Waals surface area (Å²) in [6.45, 7) is 9.12. The van der Waals surface area contributed by atoms with Crippen LogP contribution in [-0.4, -0.2) is 55.9 Å². The summed E-state index contributed by atoms with van der Waals surface area (Å²) in [5.41, 5.74) is 2.08. The van der Waals surface area contributed by atoms with Crippen LogP contribution in [0, 0.1) is 6.92 Å². The van der Waals surface area contributed by atoms with E-state index in [0.717, 1.165) is 18.7 Å². The van der Waals surface area contributed by atoms with Gasteiger partial charge in [0.2, 0.25) is 5.91 Å². The predicted molar refractivity (Wildman–Crippen MR) is 90.3 cm³/mol. The van der Waals surface area contributed by atoms with E-state index in [-0.39, 0.29) is 17.6 Å². The molecule has 1 N–H and O–H groups in total. The highest BCUT2D eigenvalue weighted by molar-refractivity contribution is 5.78. The van der Waals surface area contributed by atoms with Crippen LogP contribution in [0.3, 0.4) is 0 Å². The van der Waals surface area contributed by atoms with Gasteiger partial charge in [-0.25, -0.2) is 0 Å². The molecule has 5 nitrogen and oxygen atoms in total. The molecule has 1 aliphatic heterocycles. The zero-order valence-corrected chi connectivity index (χ0v) is 14.6. The van der Waals surface area contributed by atoms with Crippen molar-refractivity contribution in [3.05, 3.63) is 35.4 Å². The van der Waals surface area contributed by atoms with E-state index < -0.39 is 0 Å². The number of carbonyl (C=O) groups excluding carboxylic acids is 1. The third-order valence-corrected chi connectivity index (χ3v) is 4.01. The number of nitrogens with one attached hydrogen (secondary N) is 1. The molecule has 23 heavy (non-hydrogen) atoms. The van der Waals surface area contributed by atoms with Crippen LogP contribution < -0.4 is 5.32 Å². The molecule has 1 atom stereocenters. The zero-order valence-electron chi connectivity index (χ0n) is 14.6. The maximum absolute atomic E-state index is 12.2. The molecular weight excluding hydrogens is 292 g/mol. The molecule has 1 aromatic rings. The van der Waals surface area contributed by atoms with Gasteiger partial charge in [0.25, 0.3) is 0 Å². The molecule has 0 radical (unpaired) electrons. The van der Waals surface area contributed by atoms with Gasteiger partial charge in [0, 0.05) is 26.7 Å².